The molecule has 8 atom stereocenters. The summed E-state index contributed by atoms with van der Waals surface area (Å²) in [4.78, 5) is 21.2. The molecule has 4 aliphatic rings. The molecule has 1 aromatic rings. The number of ether oxygens (including phenoxy) is 2. The van der Waals surface area contributed by atoms with Gasteiger partial charge in [0.25, 0.3) is 5.92 Å². The predicted octanol–water partition coefficient (Wildman–Crippen LogP) is 5.33. The summed E-state index contributed by atoms with van der Waals surface area (Å²) in [6.45, 7) is 8.25. The lowest BCUT2D eigenvalue weighted by Crippen LogP contribution is -2.45. The molecule has 5 rings (SSSR count). The van der Waals surface area contributed by atoms with Gasteiger partial charge in [-0.25, -0.2) is 27.9 Å². The van der Waals surface area contributed by atoms with Gasteiger partial charge in [0.15, 0.2) is 5.82 Å². The molecule has 1 aromatic heterocycles. The first-order chi connectivity index (χ1) is 16.0. The molecule has 0 radical (unpaired) electrons. The third kappa shape index (κ3) is 5.34. The number of nitrogens with zero attached hydrogens (tertiary/aromatic N) is 3. The molecule has 3 aliphatic carbocycles. The summed E-state index contributed by atoms with van der Waals surface area (Å²) < 4.78 is 50.1. The van der Waals surface area contributed by atoms with Gasteiger partial charge in [0.1, 0.15) is 12.9 Å². The fourth-order valence-electron chi connectivity index (χ4n) is 5.84. The molecule has 0 bridgehead atoms. The third-order valence-electron chi connectivity index (χ3n) is 8.45. The Kier molecular flexibility index (Phi) is 7.14. The van der Waals surface area contributed by atoms with Gasteiger partial charge in [0.2, 0.25) is 0 Å². The highest BCUT2D eigenvalue weighted by Crippen LogP contribution is 2.60. The lowest BCUT2D eigenvalue weighted by molar-refractivity contribution is -0.0182. The fourth-order valence-corrected chi connectivity index (χ4v) is 5.84. The molecule has 34 heavy (non-hydrogen) atoms. The Morgan fingerprint density at radius 3 is 2.38 bits per heavy atom. The monoisotopic (exact) mass is 483 g/mol. The molecular formula is C25H36F3N3O3. The van der Waals surface area contributed by atoms with Crippen LogP contribution >= 0.6 is 0 Å². The summed E-state index contributed by atoms with van der Waals surface area (Å²) >= 11 is 0. The van der Waals surface area contributed by atoms with E-state index in [1.807, 2.05) is 6.92 Å². The van der Waals surface area contributed by atoms with Crippen LogP contribution in [0.25, 0.3) is 0 Å². The van der Waals surface area contributed by atoms with Crippen LogP contribution in [0.2, 0.25) is 0 Å². The highest BCUT2D eigenvalue weighted by molar-refractivity contribution is 5.69. The van der Waals surface area contributed by atoms with Crippen LogP contribution in [0.3, 0.4) is 0 Å². The predicted molar refractivity (Wildman–Crippen MR) is 120 cm³/mol. The minimum Gasteiger partial charge on any atom is -0.449 e. The third-order valence-corrected chi connectivity index (χ3v) is 8.45. The highest BCUT2D eigenvalue weighted by Gasteiger charge is 2.68. The Hall–Kier alpha value is -1.90. The SMILES string of the molecule is CC1CC(C)N(C(=O)OCC2(C)CC2(F)F)C1COC1CCC2C(C)C2C1.Fc1cncnc1. The minimum absolute atomic E-state index is 0.0330. The highest BCUT2D eigenvalue weighted by atomic mass is 19.3. The van der Waals surface area contributed by atoms with E-state index in [1.165, 1.54) is 19.7 Å². The number of carbonyl (C=O) groups excluding carboxylic acids is 1. The van der Waals surface area contributed by atoms with Gasteiger partial charge in [-0.2, -0.15) is 0 Å². The number of rotatable bonds is 5. The van der Waals surface area contributed by atoms with Crippen LogP contribution in [-0.2, 0) is 9.47 Å². The summed E-state index contributed by atoms with van der Waals surface area (Å²) in [6, 6.07) is 0.0159. The number of halogens is 3. The van der Waals surface area contributed by atoms with Gasteiger partial charge >= 0.3 is 6.09 Å². The van der Waals surface area contributed by atoms with E-state index in [9.17, 15) is 18.0 Å². The summed E-state index contributed by atoms with van der Waals surface area (Å²) in [6.07, 6.45) is 7.51. The number of alkyl halides is 2. The lowest BCUT2D eigenvalue weighted by atomic mass is 9.97. The van der Waals surface area contributed by atoms with Crippen molar-refractivity contribution >= 4 is 6.09 Å². The molecule has 6 nitrogen and oxygen atoms in total. The van der Waals surface area contributed by atoms with Crippen molar-refractivity contribution in [2.24, 2.45) is 29.1 Å². The number of amides is 1. The van der Waals surface area contributed by atoms with E-state index >= 15 is 0 Å². The molecule has 4 fully saturated rings. The molecular weight excluding hydrogens is 447 g/mol. The number of likely N-dealkylation sites (tertiary alicyclic amines) is 1. The maximum absolute atomic E-state index is 13.4. The van der Waals surface area contributed by atoms with Crippen molar-refractivity contribution in [3.05, 3.63) is 24.5 Å². The Balaban J connectivity index is 0.000000336. The Bertz CT molecular complexity index is 860. The second kappa shape index (κ2) is 9.63. The van der Waals surface area contributed by atoms with Crippen molar-refractivity contribution in [3.8, 4) is 0 Å². The van der Waals surface area contributed by atoms with Crippen LogP contribution in [0.4, 0.5) is 18.0 Å². The first-order valence-electron chi connectivity index (χ1n) is 12.4. The number of carbonyl (C=O) groups is 1. The Labute approximate surface area is 199 Å². The molecule has 1 amide bonds. The van der Waals surface area contributed by atoms with E-state index < -0.39 is 23.2 Å². The zero-order valence-corrected chi connectivity index (χ0v) is 20.4. The number of hydrogen-bond donors (Lipinski definition) is 0. The normalized spacial score (nSPS) is 39.5. The molecule has 3 saturated carbocycles. The van der Waals surface area contributed by atoms with Crippen LogP contribution < -0.4 is 0 Å². The van der Waals surface area contributed by atoms with E-state index in [0.717, 1.165) is 49.4 Å². The second-order valence-corrected chi connectivity index (χ2v) is 11.0. The maximum Gasteiger partial charge on any atom is 0.410 e. The largest absolute Gasteiger partial charge is 0.449 e. The van der Waals surface area contributed by atoms with E-state index in [0.29, 0.717) is 18.6 Å². The summed E-state index contributed by atoms with van der Waals surface area (Å²) in [7, 11) is 0. The first-order valence-corrected chi connectivity index (χ1v) is 12.4. The Morgan fingerprint density at radius 2 is 1.82 bits per heavy atom. The average Bonchev–Trinajstić information content (AvgIpc) is 3.54. The molecule has 0 N–H and O–H groups in total. The van der Waals surface area contributed by atoms with Gasteiger partial charge in [-0.3, -0.25) is 4.90 Å². The number of hydrogen-bond acceptors (Lipinski definition) is 5. The molecule has 8 unspecified atom stereocenters. The van der Waals surface area contributed by atoms with Gasteiger partial charge in [-0.15, -0.1) is 0 Å². The van der Waals surface area contributed by atoms with Gasteiger partial charge in [0, 0.05) is 12.5 Å². The maximum atomic E-state index is 13.4. The van der Waals surface area contributed by atoms with Gasteiger partial charge in [0.05, 0.1) is 36.6 Å². The number of aromatic nitrogens is 2. The minimum atomic E-state index is -2.71. The molecule has 1 saturated heterocycles. The fraction of sp³-hybridized carbons (Fsp3) is 0.800. The van der Waals surface area contributed by atoms with Crippen molar-refractivity contribution in [1.82, 2.24) is 14.9 Å². The van der Waals surface area contributed by atoms with Crippen molar-refractivity contribution < 1.29 is 27.4 Å². The Morgan fingerprint density at radius 1 is 1.15 bits per heavy atom. The summed E-state index contributed by atoms with van der Waals surface area (Å²) in [5.74, 6) is -0.214. The van der Waals surface area contributed by atoms with Crippen LogP contribution in [0.15, 0.2) is 18.7 Å². The molecule has 2 heterocycles. The topological polar surface area (TPSA) is 64.6 Å². The lowest BCUT2D eigenvalue weighted by Gasteiger charge is -2.31. The van der Waals surface area contributed by atoms with Gasteiger partial charge < -0.3 is 9.47 Å². The van der Waals surface area contributed by atoms with Crippen molar-refractivity contribution in [3.63, 3.8) is 0 Å². The molecule has 1 aliphatic heterocycles. The molecule has 9 heteroatoms. The smallest absolute Gasteiger partial charge is 0.410 e. The molecule has 0 aromatic carbocycles. The average molecular weight is 484 g/mol. The second-order valence-electron chi connectivity index (χ2n) is 11.0. The first kappa shape index (κ1) is 25.2. The quantitative estimate of drug-likeness (QED) is 0.566. The number of fused-ring (bicyclic) bond motifs is 1. The van der Waals surface area contributed by atoms with Crippen molar-refractivity contribution in [2.45, 2.75) is 83.9 Å². The van der Waals surface area contributed by atoms with Crippen molar-refractivity contribution in [2.75, 3.05) is 13.2 Å². The van der Waals surface area contributed by atoms with E-state index in [1.54, 1.807) is 4.90 Å². The zero-order valence-electron chi connectivity index (χ0n) is 20.4. The van der Waals surface area contributed by atoms with Crippen LogP contribution in [0, 0.1) is 34.9 Å². The van der Waals surface area contributed by atoms with Gasteiger partial charge in [-0.05, 0) is 56.3 Å². The zero-order chi connectivity index (χ0) is 24.7. The van der Waals surface area contributed by atoms with Gasteiger partial charge in [-0.1, -0.05) is 20.8 Å². The van der Waals surface area contributed by atoms with Crippen LogP contribution in [-0.4, -0.2) is 58.3 Å². The van der Waals surface area contributed by atoms with Crippen molar-refractivity contribution in [1.29, 1.82) is 0 Å². The molecule has 190 valence electrons. The van der Waals surface area contributed by atoms with E-state index in [4.69, 9.17) is 9.47 Å². The van der Waals surface area contributed by atoms with E-state index in [2.05, 4.69) is 23.8 Å². The van der Waals surface area contributed by atoms with Crippen LogP contribution in [0.5, 0.6) is 0 Å². The summed E-state index contributed by atoms with van der Waals surface area (Å²) in [5, 5.41) is 0. The standard InChI is InChI=1S/C21H33F2NO3.C4H3FN2/c1-12-7-13(2)24(19(25)27-11-20(4)10-21(20,22)23)18(12)9-26-15-5-6-16-14(3)17(16)8-15;5-4-1-6-3-7-2-4/h12-18H,5-11H2,1-4H3;1-3H. The van der Waals surface area contributed by atoms with E-state index in [-0.39, 0.29) is 25.1 Å². The molecule has 0 spiro atoms. The van der Waals surface area contributed by atoms with Crippen LogP contribution in [0.1, 0.15) is 59.8 Å². The summed E-state index contributed by atoms with van der Waals surface area (Å²) in [5.41, 5.74) is -1.19.